The van der Waals surface area contributed by atoms with Crippen LogP contribution in [0.1, 0.15) is 24.9 Å². The molecule has 0 saturated carbocycles. The van der Waals surface area contributed by atoms with Crippen LogP contribution in [0.3, 0.4) is 0 Å². The smallest absolute Gasteiger partial charge is 0.345 e. The molecule has 2 aromatic rings. The summed E-state index contributed by atoms with van der Waals surface area (Å²) in [6.07, 6.45) is 0.643. The fourth-order valence-electron chi connectivity index (χ4n) is 2.50. The molecular formula is C17H17FN4O3S. The Morgan fingerprint density at radius 1 is 1.27 bits per heavy atom. The fraction of sp³-hybridized carbons (Fsp3) is 0.176. The molecule has 0 amide bonds. The van der Waals surface area contributed by atoms with E-state index in [1.54, 1.807) is 0 Å². The van der Waals surface area contributed by atoms with Crippen LogP contribution in [0.2, 0.25) is 0 Å². The summed E-state index contributed by atoms with van der Waals surface area (Å²) in [6.45, 7) is 1.93. The van der Waals surface area contributed by atoms with Gasteiger partial charge >= 0.3 is 10.2 Å². The third-order valence-corrected chi connectivity index (χ3v) is 4.60. The molecule has 2 aromatic carbocycles. The summed E-state index contributed by atoms with van der Waals surface area (Å²) in [4.78, 5) is 4.46. The number of aromatic hydroxyl groups is 1. The van der Waals surface area contributed by atoms with Crippen molar-refractivity contribution in [1.82, 2.24) is 4.72 Å². The molecule has 136 valence electrons. The van der Waals surface area contributed by atoms with Crippen molar-refractivity contribution in [3.05, 3.63) is 59.9 Å². The molecule has 0 fully saturated rings. The molecule has 3 N–H and O–H groups in total. The van der Waals surface area contributed by atoms with Crippen LogP contribution in [-0.4, -0.2) is 25.2 Å². The van der Waals surface area contributed by atoms with Crippen LogP contribution < -0.4 is 10.0 Å². The lowest BCUT2D eigenvalue weighted by Gasteiger charge is -2.13. The molecule has 0 aliphatic carbocycles. The summed E-state index contributed by atoms with van der Waals surface area (Å²) in [7, 11) is -3.93. The Morgan fingerprint density at radius 2 is 2.00 bits per heavy atom. The number of hydrogen-bond acceptors (Lipinski definition) is 5. The summed E-state index contributed by atoms with van der Waals surface area (Å²) < 4.78 is 42.6. The van der Waals surface area contributed by atoms with E-state index >= 15 is 0 Å². The fourth-order valence-corrected chi connectivity index (χ4v) is 3.31. The van der Waals surface area contributed by atoms with Crippen LogP contribution in [0.4, 0.5) is 10.1 Å². The number of benzene rings is 2. The number of amidine groups is 2. The Morgan fingerprint density at radius 3 is 2.65 bits per heavy atom. The zero-order valence-electron chi connectivity index (χ0n) is 13.8. The van der Waals surface area contributed by atoms with E-state index in [-0.39, 0.29) is 29.1 Å². The third-order valence-electron chi connectivity index (χ3n) is 3.73. The molecule has 0 unspecified atom stereocenters. The molecule has 0 aromatic heterocycles. The first-order chi connectivity index (χ1) is 12.4. The van der Waals surface area contributed by atoms with E-state index in [1.807, 2.05) is 37.3 Å². The van der Waals surface area contributed by atoms with Crippen molar-refractivity contribution in [1.29, 1.82) is 0 Å². The van der Waals surface area contributed by atoms with E-state index in [1.165, 1.54) is 6.07 Å². The van der Waals surface area contributed by atoms with Gasteiger partial charge in [-0.3, -0.25) is 4.99 Å². The highest BCUT2D eigenvalue weighted by Gasteiger charge is 2.28. The van der Waals surface area contributed by atoms with E-state index in [2.05, 4.69) is 19.4 Å². The van der Waals surface area contributed by atoms with Gasteiger partial charge in [-0.05, 0) is 24.1 Å². The highest BCUT2D eigenvalue weighted by atomic mass is 32.2. The SMILES string of the molecule is CC[C@@H](N=C1NS(=O)(=O)N=C1Nc1ccc(F)cc1O)c1ccccc1. The van der Waals surface area contributed by atoms with Crippen molar-refractivity contribution in [2.45, 2.75) is 19.4 Å². The topological polar surface area (TPSA) is 103 Å². The highest BCUT2D eigenvalue weighted by Crippen LogP contribution is 2.25. The number of phenols is 1. The number of phenolic OH excluding ortho intramolecular Hbond substituents is 1. The second-order valence-electron chi connectivity index (χ2n) is 5.62. The lowest BCUT2D eigenvalue weighted by atomic mass is 10.1. The lowest BCUT2D eigenvalue weighted by molar-refractivity contribution is 0.471. The van der Waals surface area contributed by atoms with Crippen LogP contribution in [0.15, 0.2) is 57.9 Å². The van der Waals surface area contributed by atoms with Gasteiger partial charge in [0.1, 0.15) is 11.6 Å². The number of nitrogens with zero attached hydrogens (tertiary/aromatic N) is 2. The quantitative estimate of drug-likeness (QED) is 0.714. The van der Waals surface area contributed by atoms with Crippen molar-refractivity contribution < 1.29 is 17.9 Å². The monoisotopic (exact) mass is 376 g/mol. The number of aliphatic imine (C=N–C) groups is 1. The summed E-state index contributed by atoms with van der Waals surface area (Å²) in [5.41, 5.74) is 1.04. The molecule has 0 radical (unpaired) electrons. The van der Waals surface area contributed by atoms with Crippen LogP contribution >= 0.6 is 0 Å². The first kappa shape index (κ1) is 17.9. The summed E-state index contributed by atoms with van der Waals surface area (Å²) in [5.74, 6) is -1.02. The van der Waals surface area contributed by atoms with Gasteiger partial charge in [-0.25, -0.2) is 9.11 Å². The Labute approximate surface area is 150 Å². The molecule has 3 rings (SSSR count). The molecular weight excluding hydrogens is 359 g/mol. The van der Waals surface area contributed by atoms with Crippen molar-refractivity contribution in [2.75, 3.05) is 5.32 Å². The Balaban J connectivity index is 1.94. The minimum Gasteiger partial charge on any atom is -0.506 e. The lowest BCUT2D eigenvalue weighted by Crippen LogP contribution is -2.31. The molecule has 0 saturated heterocycles. The summed E-state index contributed by atoms with van der Waals surface area (Å²) in [5, 5.41) is 12.5. The molecule has 0 bridgehead atoms. The molecule has 26 heavy (non-hydrogen) atoms. The molecule has 1 aliphatic rings. The Kier molecular flexibility index (Phi) is 4.90. The van der Waals surface area contributed by atoms with Gasteiger partial charge in [-0.1, -0.05) is 37.3 Å². The predicted molar refractivity (Wildman–Crippen MR) is 98.1 cm³/mol. The van der Waals surface area contributed by atoms with Crippen LogP contribution in [0.5, 0.6) is 5.75 Å². The highest BCUT2D eigenvalue weighted by molar-refractivity contribution is 7.89. The molecule has 1 aliphatic heterocycles. The van der Waals surface area contributed by atoms with E-state index in [4.69, 9.17) is 0 Å². The van der Waals surface area contributed by atoms with E-state index in [9.17, 15) is 17.9 Å². The van der Waals surface area contributed by atoms with Crippen LogP contribution in [-0.2, 0) is 10.2 Å². The number of halogens is 1. The number of nitrogens with one attached hydrogen (secondary N) is 2. The largest absolute Gasteiger partial charge is 0.506 e. The molecule has 0 spiro atoms. The van der Waals surface area contributed by atoms with Gasteiger partial charge in [0.2, 0.25) is 0 Å². The summed E-state index contributed by atoms with van der Waals surface area (Å²) >= 11 is 0. The zero-order chi connectivity index (χ0) is 18.7. The Bertz CT molecular complexity index is 975. The molecule has 1 heterocycles. The van der Waals surface area contributed by atoms with Gasteiger partial charge in [-0.2, -0.15) is 8.42 Å². The van der Waals surface area contributed by atoms with E-state index in [0.29, 0.717) is 6.42 Å². The second kappa shape index (κ2) is 7.12. The standard InChI is InChI=1S/C17H17FN4O3S/c1-2-13(11-6-4-3-5-7-11)19-16-17(22-26(24,25)21-16)20-14-9-8-12(18)10-15(14)23/h3-10,13,23H,2H2,1H3,(H,19,21)(H,20,22)/t13-/m1/s1. The first-order valence-electron chi connectivity index (χ1n) is 7.89. The van der Waals surface area contributed by atoms with Crippen LogP contribution in [0, 0.1) is 5.82 Å². The van der Waals surface area contributed by atoms with E-state index in [0.717, 1.165) is 17.7 Å². The Hall–Kier alpha value is -2.94. The average molecular weight is 376 g/mol. The second-order valence-corrected chi connectivity index (χ2v) is 6.95. The van der Waals surface area contributed by atoms with Crippen molar-refractivity contribution >= 4 is 27.6 Å². The molecule has 7 nitrogen and oxygen atoms in total. The van der Waals surface area contributed by atoms with Gasteiger partial charge < -0.3 is 10.4 Å². The van der Waals surface area contributed by atoms with Gasteiger partial charge in [0.15, 0.2) is 11.7 Å². The van der Waals surface area contributed by atoms with Crippen molar-refractivity contribution in [2.24, 2.45) is 9.39 Å². The van der Waals surface area contributed by atoms with Crippen molar-refractivity contribution in [3.8, 4) is 5.75 Å². The van der Waals surface area contributed by atoms with Gasteiger partial charge in [-0.15, -0.1) is 4.40 Å². The van der Waals surface area contributed by atoms with E-state index < -0.39 is 16.0 Å². The minimum absolute atomic E-state index is 0.0319. The maximum atomic E-state index is 13.1. The molecule has 9 heteroatoms. The average Bonchev–Trinajstić information content (AvgIpc) is 2.89. The maximum absolute atomic E-state index is 13.1. The van der Waals surface area contributed by atoms with Gasteiger partial charge in [0, 0.05) is 6.07 Å². The van der Waals surface area contributed by atoms with Crippen LogP contribution in [0.25, 0.3) is 0 Å². The summed E-state index contributed by atoms with van der Waals surface area (Å²) in [6, 6.07) is 12.5. The normalized spacial score (nSPS) is 18.2. The number of anilines is 1. The zero-order valence-corrected chi connectivity index (χ0v) is 14.7. The maximum Gasteiger partial charge on any atom is 0.345 e. The number of hydrogen-bond donors (Lipinski definition) is 3. The number of rotatable bonds is 4. The first-order valence-corrected chi connectivity index (χ1v) is 9.33. The van der Waals surface area contributed by atoms with Crippen molar-refractivity contribution in [3.63, 3.8) is 0 Å². The van der Waals surface area contributed by atoms with Gasteiger partial charge in [0.25, 0.3) is 0 Å². The predicted octanol–water partition coefficient (Wildman–Crippen LogP) is 2.74. The third kappa shape index (κ3) is 3.99. The van der Waals surface area contributed by atoms with Gasteiger partial charge in [0.05, 0.1) is 11.7 Å². The molecule has 1 atom stereocenters. The minimum atomic E-state index is -3.93.